The van der Waals surface area contributed by atoms with Crippen LogP contribution in [0.1, 0.15) is 15.9 Å². The van der Waals surface area contributed by atoms with E-state index in [2.05, 4.69) is 10.5 Å². The monoisotopic (exact) mass is 300 g/mol. The molecule has 0 bridgehead atoms. The summed E-state index contributed by atoms with van der Waals surface area (Å²) >= 11 is 0. The summed E-state index contributed by atoms with van der Waals surface area (Å²) in [5.41, 5.74) is 15.5. The number of hydrogen-bond donors (Lipinski definition) is 4. The average Bonchev–Trinajstić information content (AvgIpc) is 2.49. The second-order valence-electron chi connectivity index (χ2n) is 4.42. The van der Waals surface area contributed by atoms with Gasteiger partial charge in [0, 0.05) is 5.56 Å². The van der Waals surface area contributed by atoms with E-state index in [-0.39, 0.29) is 22.8 Å². The van der Waals surface area contributed by atoms with Crippen molar-refractivity contribution in [1.82, 2.24) is 0 Å². The topological polar surface area (TPSA) is 123 Å². The van der Waals surface area contributed by atoms with Crippen molar-refractivity contribution in [2.75, 3.05) is 12.6 Å². The van der Waals surface area contributed by atoms with Crippen molar-refractivity contribution in [1.29, 1.82) is 0 Å². The minimum Gasteiger partial charge on any atom is -0.508 e. The fourth-order valence-corrected chi connectivity index (χ4v) is 1.87. The normalized spacial score (nSPS) is 11.2. The highest BCUT2D eigenvalue weighted by Gasteiger charge is 2.13. The first kappa shape index (κ1) is 15.3. The molecule has 7 nitrogen and oxygen atoms in total. The lowest BCUT2D eigenvalue weighted by molar-refractivity contribution is 0.100. The molecular weight excluding hydrogens is 284 g/mol. The van der Waals surface area contributed by atoms with Gasteiger partial charge in [-0.05, 0) is 36.4 Å². The van der Waals surface area contributed by atoms with E-state index < -0.39 is 5.91 Å². The highest BCUT2D eigenvalue weighted by molar-refractivity contribution is 6.05. The van der Waals surface area contributed by atoms with Crippen LogP contribution in [0.25, 0.3) is 0 Å². The average molecular weight is 300 g/mol. The second-order valence-corrected chi connectivity index (χ2v) is 4.42. The Kier molecular flexibility index (Phi) is 4.60. The maximum absolute atomic E-state index is 11.6. The van der Waals surface area contributed by atoms with E-state index in [1.54, 1.807) is 30.3 Å². The quantitative estimate of drug-likeness (QED) is 0.378. The lowest BCUT2D eigenvalue weighted by atomic mass is 10.1. The molecule has 2 aromatic carbocycles. The van der Waals surface area contributed by atoms with Crippen LogP contribution in [0.4, 0.5) is 11.4 Å². The van der Waals surface area contributed by atoms with E-state index in [0.29, 0.717) is 11.3 Å². The fourth-order valence-electron chi connectivity index (χ4n) is 1.87. The SMILES string of the molecule is CONc1cccc(C(N)=O)c1N=C(N)c1ccc(O)cc1. The predicted molar refractivity (Wildman–Crippen MR) is 84.1 cm³/mol. The second kappa shape index (κ2) is 6.59. The Morgan fingerprint density at radius 1 is 1.18 bits per heavy atom. The maximum Gasteiger partial charge on any atom is 0.250 e. The van der Waals surface area contributed by atoms with Crippen LogP contribution in [0.3, 0.4) is 0 Å². The zero-order chi connectivity index (χ0) is 16.1. The third kappa shape index (κ3) is 3.33. The lowest BCUT2D eigenvalue weighted by Gasteiger charge is -2.11. The summed E-state index contributed by atoms with van der Waals surface area (Å²) in [5, 5.41) is 9.29. The van der Waals surface area contributed by atoms with Gasteiger partial charge in [-0.2, -0.15) is 0 Å². The number of phenols is 1. The molecule has 0 heterocycles. The van der Waals surface area contributed by atoms with Crippen molar-refractivity contribution < 1.29 is 14.7 Å². The van der Waals surface area contributed by atoms with Crippen molar-refractivity contribution >= 4 is 23.1 Å². The molecule has 0 atom stereocenters. The van der Waals surface area contributed by atoms with Crippen LogP contribution in [0.15, 0.2) is 47.5 Å². The number of rotatable bonds is 5. The van der Waals surface area contributed by atoms with Gasteiger partial charge in [0.05, 0.1) is 18.4 Å². The molecule has 0 unspecified atom stereocenters. The standard InChI is InChI=1S/C15H16N4O3/c1-22-19-12-4-2-3-11(15(17)21)13(12)18-14(16)9-5-7-10(20)8-6-9/h2-8,19-20H,1H3,(H2,16,18)(H2,17,21). The van der Waals surface area contributed by atoms with Crippen molar-refractivity contribution in [3.05, 3.63) is 53.6 Å². The minimum absolute atomic E-state index is 0.121. The number of nitrogens with two attached hydrogens (primary N) is 2. The number of primary amides is 1. The van der Waals surface area contributed by atoms with Gasteiger partial charge in [0.1, 0.15) is 17.3 Å². The van der Waals surface area contributed by atoms with Crippen LogP contribution in [-0.2, 0) is 4.84 Å². The summed E-state index contributed by atoms with van der Waals surface area (Å²) in [7, 11) is 1.44. The van der Waals surface area contributed by atoms with Gasteiger partial charge in [0.15, 0.2) is 0 Å². The number of carbonyl (C=O) groups excluding carboxylic acids is 1. The molecule has 1 amide bonds. The maximum atomic E-state index is 11.6. The van der Waals surface area contributed by atoms with Gasteiger partial charge < -0.3 is 16.6 Å². The Balaban J connectivity index is 2.52. The van der Waals surface area contributed by atoms with Gasteiger partial charge in [0.2, 0.25) is 0 Å². The number of para-hydroxylation sites is 1. The highest BCUT2D eigenvalue weighted by Crippen LogP contribution is 2.29. The zero-order valence-electron chi connectivity index (χ0n) is 11.9. The van der Waals surface area contributed by atoms with Gasteiger partial charge in [0.25, 0.3) is 5.91 Å². The van der Waals surface area contributed by atoms with Gasteiger partial charge in [-0.15, -0.1) is 0 Å². The molecule has 2 rings (SSSR count). The summed E-state index contributed by atoms with van der Waals surface area (Å²) in [6.07, 6.45) is 0. The number of nitrogens with zero attached hydrogens (tertiary/aromatic N) is 1. The first-order chi connectivity index (χ1) is 10.5. The van der Waals surface area contributed by atoms with Gasteiger partial charge in [-0.25, -0.2) is 4.99 Å². The summed E-state index contributed by atoms with van der Waals surface area (Å²) in [5.74, 6) is -0.333. The Labute approximate surface area is 127 Å². The number of amides is 1. The third-order valence-electron chi connectivity index (χ3n) is 2.91. The molecule has 2 aromatic rings. The molecule has 0 aliphatic heterocycles. The Bertz CT molecular complexity index is 711. The predicted octanol–water partition coefficient (Wildman–Crippen LogP) is 1.50. The molecule has 0 radical (unpaired) electrons. The largest absolute Gasteiger partial charge is 0.508 e. The molecule has 6 N–H and O–H groups in total. The number of aromatic hydroxyl groups is 1. The van der Waals surface area contributed by atoms with Crippen molar-refractivity contribution in [2.45, 2.75) is 0 Å². The summed E-state index contributed by atoms with van der Waals surface area (Å²) in [6, 6.07) is 11.1. The number of amidine groups is 1. The van der Waals surface area contributed by atoms with Crippen LogP contribution in [0.2, 0.25) is 0 Å². The van der Waals surface area contributed by atoms with Crippen molar-refractivity contribution in [3.63, 3.8) is 0 Å². The smallest absolute Gasteiger partial charge is 0.250 e. The minimum atomic E-state index is -0.628. The molecule has 0 aliphatic rings. The summed E-state index contributed by atoms with van der Waals surface area (Å²) < 4.78 is 0. The molecule has 0 fully saturated rings. The molecule has 0 aliphatic carbocycles. The fraction of sp³-hybridized carbons (Fsp3) is 0.0667. The molecule has 0 aromatic heterocycles. The van der Waals surface area contributed by atoms with Gasteiger partial charge >= 0.3 is 0 Å². The first-order valence-corrected chi connectivity index (χ1v) is 6.38. The zero-order valence-corrected chi connectivity index (χ0v) is 11.9. The third-order valence-corrected chi connectivity index (χ3v) is 2.91. The number of phenolic OH excluding ortho intramolecular Hbond substituents is 1. The van der Waals surface area contributed by atoms with E-state index in [9.17, 15) is 9.90 Å². The molecule has 0 spiro atoms. The van der Waals surface area contributed by atoms with E-state index in [1.807, 2.05) is 0 Å². The molecule has 0 saturated carbocycles. The number of nitrogens with one attached hydrogen (secondary N) is 1. The van der Waals surface area contributed by atoms with E-state index in [4.69, 9.17) is 16.3 Å². The number of carbonyl (C=O) groups is 1. The van der Waals surface area contributed by atoms with Crippen LogP contribution in [0.5, 0.6) is 5.75 Å². The Morgan fingerprint density at radius 3 is 2.45 bits per heavy atom. The highest BCUT2D eigenvalue weighted by atomic mass is 16.6. The van der Waals surface area contributed by atoms with Crippen LogP contribution >= 0.6 is 0 Å². The van der Waals surface area contributed by atoms with Crippen LogP contribution in [-0.4, -0.2) is 24.0 Å². The summed E-state index contributed by atoms with van der Waals surface area (Å²) in [4.78, 5) is 20.7. The molecule has 7 heteroatoms. The van der Waals surface area contributed by atoms with E-state index in [1.165, 1.54) is 19.2 Å². The van der Waals surface area contributed by atoms with Crippen LogP contribution < -0.4 is 16.9 Å². The Hall–Kier alpha value is -3.06. The molecular formula is C15H16N4O3. The first-order valence-electron chi connectivity index (χ1n) is 6.38. The van der Waals surface area contributed by atoms with E-state index >= 15 is 0 Å². The number of aliphatic imine (C=N–C) groups is 1. The molecule has 0 saturated heterocycles. The number of hydrogen-bond acceptors (Lipinski definition) is 5. The molecule has 114 valence electrons. The lowest BCUT2D eigenvalue weighted by Crippen LogP contribution is -2.15. The summed E-state index contributed by atoms with van der Waals surface area (Å²) in [6.45, 7) is 0. The number of benzene rings is 2. The van der Waals surface area contributed by atoms with Crippen molar-refractivity contribution in [3.8, 4) is 5.75 Å². The number of anilines is 1. The van der Waals surface area contributed by atoms with E-state index in [0.717, 1.165) is 0 Å². The Morgan fingerprint density at radius 2 is 1.86 bits per heavy atom. The molecule has 22 heavy (non-hydrogen) atoms. The van der Waals surface area contributed by atoms with Crippen molar-refractivity contribution in [2.24, 2.45) is 16.5 Å². The van der Waals surface area contributed by atoms with Gasteiger partial charge in [-0.1, -0.05) is 6.07 Å². The van der Waals surface area contributed by atoms with Gasteiger partial charge in [-0.3, -0.25) is 15.1 Å². The van der Waals surface area contributed by atoms with Crippen LogP contribution in [0, 0.1) is 0 Å².